The first-order valence-electron chi connectivity index (χ1n) is 6.03. The van der Waals surface area contributed by atoms with Crippen molar-refractivity contribution in [2.75, 3.05) is 19.5 Å². The van der Waals surface area contributed by atoms with Crippen LogP contribution in [0, 0.1) is 0 Å². The fourth-order valence-electron chi connectivity index (χ4n) is 1.77. The minimum Gasteiger partial charge on any atom is -0.497 e. The summed E-state index contributed by atoms with van der Waals surface area (Å²) in [6.45, 7) is 0.675. The second-order valence-corrected chi connectivity index (χ2v) is 5.48. The number of hydrogen-bond donors (Lipinski definition) is 1. The Morgan fingerprint density at radius 3 is 2.25 bits per heavy atom. The van der Waals surface area contributed by atoms with Gasteiger partial charge in [-0.1, -0.05) is 33.6 Å². The van der Waals surface area contributed by atoms with E-state index in [0.717, 1.165) is 27.2 Å². The van der Waals surface area contributed by atoms with Crippen LogP contribution in [0.25, 0.3) is 0 Å². The molecule has 0 aliphatic rings. The monoisotopic (exact) mass is 355 g/mol. The quantitative estimate of drug-likeness (QED) is 0.840. The van der Waals surface area contributed by atoms with E-state index in [4.69, 9.17) is 21.1 Å². The summed E-state index contributed by atoms with van der Waals surface area (Å²) in [4.78, 5) is 0. The lowest BCUT2D eigenvalue weighted by molar-refractivity contribution is 0.394. The maximum atomic E-state index is 5.93. The molecule has 0 amide bonds. The van der Waals surface area contributed by atoms with E-state index in [1.807, 2.05) is 36.4 Å². The van der Waals surface area contributed by atoms with E-state index in [9.17, 15) is 0 Å². The fraction of sp³-hybridized carbons (Fsp3) is 0.200. The van der Waals surface area contributed by atoms with Gasteiger partial charge in [-0.2, -0.15) is 0 Å². The maximum Gasteiger partial charge on any atom is 0.124 e. The molecule has 0 heterocycles. The van der Waals surface area contributed by atoms with E-state index in [1.54, 1.807) is 14.2 Å². The Labute approximate surface area is 132 Å². The van der Waals surface area contributed by atoms with Crippen LogP contribution in [0.15, 0.2) is 40.9 Å². The smallest absolute Gasteiger partial charge is 0.124 e. The van der Waals surface area contributed by atoms with E-state index in [-0.39, 0.29) is 0 Å². The van der Waals surface area contributed by atoms with Gasteiger partial charge < -0.3 is 14.8 Å². The molecule has 0 fully saturated rings. The number of rotatable bonds is 5. The van der Waals surface area contributed by atoms with Gasteiger partial charge in [0.15, 0.2) is 0 Å². The molecule has 106 valence electrons. The van der Waals surface area contributed by atoms with E-state index in [0.29, 0.717) is 11.6 Å². The van der Waals surface area contributed by atoms with Crippen molar-refractivity contribution in [2.24, 2.45) is 0 Å². The molecule has 2 rings (SSSR count). The van der Waals surface area contributed by atoms with Crippen molar-refractivity contribution in [3.05, 3.63) is 51.5 Å². The van der Waals surface area contributed by atoms with Crippen LogP contribution in [0.2, 0.25) is 5.02 Å². The first-order valence-corrected chi connectivity index (χ1v) is 7.20. The van der Waals surface area contributed by atoms with Crippen molar-refractivity contribution in [2.45, 2.75) is 6.54 Å². The number of benzene rings is 2. The van der Waals surface area contributed by atoms with Crippen LogP contribution in [0.1, 0.15) is 5.56 Å². The number of ether oxygens (including phenoxy) is 2. The Kier molecular flexibility index (Phi) is 5.15. The molecule has 0 spiro atoms. The average Bonchev–Trinajstić information content (AvgIpc) is 2.46. The van der Waals surface area contributed by atoms with E-state index < -0.39 is 0 Å². The normalized spacial score (nSPS) is 10.2. The second-order valence-electron chi connectivity index (χ2n) is 4.19. The van der Waals surface area contributed by atoms with Crippen molar-refractivity contribution < 1.29 is 9.47 Å². The van der Waals surface area contributed by atoms with Crippen LogP contribution in [0.5, 0.6) is 11.5 Å². The maximum absolute atomic E-state index is 5.93. The predicted molar refractivity (Wildman–Crippen MR) is 86.0 cm³/mol. The summed E-state index contributed by atoms with van der Waals surface area (Å²) in [7, 11) is 3.27. The minimum absolute atomic E-state index is 0.675. The van der Waals surface area contributed by atoms with Gasteiger partial charge in [0.1, 0.15) is 11.5 Å². The topological polar surface area (TPSA) is 30.5 Å². The van der Waals surface area contributed by atoms with Crippen molar-refractivity contribution in [3.8, 4) is 11.5 Å². The Balaban J connectivity index is 2.13. The van der Waals surface area contributed by atoms with Crippen LogP contribution in [0.3, 0.4) is 0 Å². The van der Waals surface area contributed by atoms with Gasteiger partial charge in [0, 0.05) is 39.9 Å². The number of methoxy groups -OCH3 is 2. The van der Waals surface area contributed by atoms with Crippen molar-refractivity contribution in [1.82, 2.24) is 0 Å². The molecule has 0 saturated carbocycles. The minimum atomic E-state index is 0.675. The first kappa shape index (κ1) is 15.0. The lowest BCUT2D eigenvalue weighted by atomic mass is 10.2. The summed E-state index contributed by atoms with van der Waals surface area (Å²) in [5.74, 6) is 1.50. The van der Waals surface area contributed by atoms with E-state index in [1.165, 1.54) is 0 Å². The molecule has 0 saturated heterocycles. The number of nitrogens with one attached hydrogen (secondary N) is 1. The Morgan fingerprint density at radius 2 is 1.70 bits per heavy atom. The van der Waals surface area contributed by atoms with Gasteiger partial charge in [0.2, 0.25) is 0 Å². The summed E-state index contributed by atoms with van der Waals surface area (Å²) in [6.07, 6.45) is 0. The highest BCUT2D eigenvalue weighted by molar-refractivity contribution is 9.10. The highest BCUT2D eigenvalue weighted by Crippen LogP contribution is 2.27. The largest absolute Gasteiger partial charge is 0.497 e. The second kappa shape index (κ2) is 6.86. The molecule has 0 bridgehead atoms. The van der Waals surface area contributed by atoms with Gasteiger partial charge >= 0.3 is 0 Å². The molecule has 2 aromatic carbocycles. The van der Waals surface area contributed by atoms with Gasteiger partial charge in [0.05, 0.1) is 14.2 Å². The number of halogens is 2. The summed E-state index contributed by atoms with van der Waals surface area (Å²) < 4.78 is 11.5. The standard InChI is InChI=1S/C15H15BrClNO2/c1-19-13-6-12(7-14(8-13)20-2)18-9-10-3-4-11(17)5-15(10)16/h3-8,18H,9H2,1-2H3. The average molecular weight is 357 g/mol. The van der Waals surface area contributed by atoms with Crippen LogP contribution in [-0.2, 0) is 6.54 Å². The Morgan fingerprint density at radius 1 is 1.05 bits per heavy atom. The molecular weight excluding hydrogens is 342 g/mol. The Hall–Kier alpha value is -1.39. The fourth-order valence-corrected chi connectivity index (χ4v) is 2.59. The van der Waals surface area contributed by atoms with Gasteiger partial charge in [-0.05, 0) is 17.7 Å². The highest BCUT2D eigenvalue weighted by atomic mass is 79.9. The van der Waals surface area contributed by atoms with Crippen LogP contribution in [0.4, 0.5) is 5.69 Å². The molecule has 0 unspecified atom stereocenters. The summed E-state index contributed by atoms with van der Waals surface area (Å²) >= 11 is 9.43. The van der Waals surface area contributed by atoms with Crippen molar-refractivity contribution >= 4 is 33.2 Å². The third-order valence-corrected chi connectivity index (χ3v) is 3.82. The van der Waals surface area contributed by atoms with Crippen molar-refractivity contribution in [3.63, 3.8) is 0 Å². The SMILES string of the molecule is COc1cc(NCc2ccc(Cl)cc2Br)cc(OC)c1. The van der Waals surface area contributed by atoms with Gasteiger partial charge in [0.25, 0.3) is 0 Å². The molecule has 3 nitrogen and oxygen atoms in total. The molecule has 0 aliphatic heterocycles. The zero-order valence-corrected chi connectivity index (χ0v) is 13.6. The first-order chi connectivity index (χ1) is 9.62. The molecule has 0 radical (unpaired) electrons. The summed E-state index contributed by atoms with van der Waals surface area (Å²) in [5, 5.41) is 4.05. The molecule has 0 aliphatic carbocycles. The molecule has 0 aromatic heterocycles. The zero-order chi connectivity index (χ0) is 14.5. The summed E-state index contributed by atoms with van der Waals surface area (Å²) in [6, 6.07) is 11.4. The van der Waals surface area contributed by atoms with Gasteiger partial charge in [-0.25, -0.2) is 0 Å². The molecular formula is C15H15BrClNO2. The third kappa shape index (κ3) is 3.81. The molecule has 2 aromatic rings. The Bertz CT molecular complexity index is 582. The summed E-state index contributed by atoms with van der Waals surface area (Å²) in [5.41, 5.74) is 2.05. The lowest BCUT2D eigenvalue weighted by Gasteiger charge is -2.11. The van der Waals surface area contributed by atoms with Crippen molar-refractivity contribution in [1.29, 1.82) is 0 Å². The molecule has 5 heteroatoms. The van der Waals surface area contributed by atoms with E-state index >= 15 is 0 Å². The third-order valence-electron chi connectivity index (χ3n) is 2.85. The molecule has 20 heavy (non-hydrogen) atoms. The van der Waals surface area contributed by atoms with Gasteiger partial charge in [-0.3, -0.25) is 0 Å². The zero-order valence-electron chi connectivity index (χ0n) is 11.2. The predicted octanol–water partition coefficient (Wildman–Crippen LogP) is 4.73. The highest BCUT2D eigenvalue weighted by Gasteiger charge is 2.04. The lowest BCUT2D eigenvalue weighted by Crippen LogP contribution is -2.01. The van der Waals surface area contributed by atoms with E-state index in [2.05, 4.69) is 21.2 Å². The molecule has 1 N–H and O–H groups in total. The number of anilines is 1. The molecule has 0 atom stereocenters. The number of hydrogen-bond acceptors (Lipinski definition) is 3. The van der Waals surface area contributed by atoms with Gasteiger partial charge in [-0.15, -0.1) is 0 Å². The van der Waals surface area contributed by atoms with Crippen LogP contribution < -0.4 is 14.8 Å². The van der Waals surface area contributed by atoms with Crippen LogP contribution >= 0.6 is 27.5 Å². The van der Waals surface area contributed by atoms with Crippen LogP contribution in [-0.4, -0.2) is 14.2 Å².